The molecule has 1 heterocycles. The minimum atomic E-state index is 0.206. The summed E-state index contributed by atoms with van der Waals surface area (Å²) in [5.41, 5.74) is 0. The van der Waals surface area contributed by atoms with E-state index in [1.165, 1.54) is 9.75 Å². The van der Waals surface area contributed by atoms with Crippen LogP contribution in [0.15, 0.2) is 12.1 Å². The van der Waals surface area contributed by atoms with Crippen LogP contribution >= 0.6 is 11.3 Å². The zero-order valence-corrected chi connectivity index (χ0v) is 11.5. The Bertz CT molecular complexity index is 309. The zero-order valence-electron chi connectivity index (χ0n) is 10.7. The van der Waals surface area contributed by atoms with Gasteiger partial charge in [0.15, 0.2) is 0 Å². The number of hydrogen-bond acceptors (Lipinski definition) is 3. The second-order valence-electron chi connectivity index (χ2n) is 4.85. The average molecular weight is 241 g/mol. The van der Waals surface area contributed by atoms with E-state index in [0.717, 1.165) is 6.42 Å². The van der Waals surface area contributed by atoms with Crippen LogP contribution in [0.4, 0.5) is 0 Å². The lowest BCUT2D eigenvalue weighted by atomic mass is 10.0. The number of rotatable bonds is 6. The average Bonchev–Trinajstić information content (AvgIpc) is 2.63. The molecule has 1 rings (SSSR count). The van der Waals surface area contributed by atoms with Crippen LogP contribution in [0.2, 0.25) is 0 Å². The van der Waals surface area contributed by atoms with Gasteiger partial charge in [0, 0.05) is 21.8 Å². The molecule has 0 bridgehead atoms. The van der Waals surface area contributed by atoms with E-state index in [4.69, 9.17) is 0 Å². The van der Waals surface area contributed by atoms with Gasteiger partial charge in [0.2, 0.25) is 0 Å². The molecule has 1 aromatic heterocycles. The Morgan fingerprint density at radius 1 is 1.31 bits per heavy atom. The third kappa shape index (κ3) is 4.24. The van der Waals surface area contributed by atoms with E-state index in [0.29, 0.717) is 12.0 Å². The molecular formula is C13H23NOS. The molecule has 0 saturated heterocycles. The van der Waals surface area contributed by atoms with Crippen LogP contribution in [0.3, 0.4) is 0 Å². The highest BCUT2D eigenvalue weighted by Gasteiger charge is 2.14. The van der Waals surface area contributed by atoms with Crippen molar-refractivity contribution < 1.29 is 5.11 Å². The van der Waals surface area contributed by atoms with E-state index in [2.05, 4.69) is 45.1 Å². The van der Waals surface area contributed by atoms with Crippen LogP contribution in [0.1, 0.15) is 43.0 Å². The molecule has 1 aromatic rings. The number of hydrogen-bond donors (Lipinski definition) is 2. The predicted octanol–water partition coefficient (Wildman–Crippen LogP) is 3.11. The van der Waals surface area contributed by atoms with Gasteiger partial charge in [0.1, 0.15) is 0 Å². The van der Waals surface area contributed by atoms with Gasteiger partial charge in [-0.25, -0.2) is 0 Å². The summed E-state index contributed by atoms with van der Waals surface area (Å²) in [6, 6.07) is 4.85. The molecule has 0 amide bonds. The van der Waals surface area contributed by atoms with Crippen LogP contribution in [0.5, 0.6) is 0 Å². The number of nitrogens with one attached hydrogen (secondary N) is 1. The van der Waals surface area contributed by atoms with Gasteiger partial charge >= 0.3 is 0 Å². The number of thiophene rings is 1. The minimum absolute atomic E-state index is 0.206. The van der Waals surface area contributed by atoms with Gasteiger partial charge < -0.3 is 10.4 Å². The van der Waals surface area contributed by atoms with Crippen molar-refractivity contribution in [3.05, 3.63) is 21.9 Å². The Morgan fingerprint density at radius 2 is 2.00 bits per heavy atom. The maximum atomic E-state index is 9.32. The van der Waals surface area contributed by atoms with E-state index >= 15 is 0 Å². The fourth-order valence-corrected chi connectivity index (χ4v) is 2.77. The smallest absolute Gasteiger partial charge is 0.0584 e. The molecule has 0 aliphatic rings. The summed E-state index contributed by atoms with van der Waals surface area (Å²) in [7, 11) is 0. The first-order chi connectivity index (χ1) is 7.52. The van der Waals surface area contributed by atoms with Crippen molar-refractivity contribution in [1.29, 1.82) is 0 Å². The van der Waals surface area contributed by atoms with Crippen molar-refractivity contribution in [2.45, 2.75) is 46.2 Å². The normalized spacial score (nSPS) is 15.4. The molecule has 0 aliphatic carbocycles. The summed E-state index contributed by atoms with van der Waals surface area (Å²) in [4.78, 5) is 2.69. The van der Waals surface area contributed by atoms with Gasteiger partial charge in [0.05, 0.1) is 6.61 Å². The quantitative estimate of drug-likeness (QED) is 0.802. The third-order valence-electron chi connectivity index (χ3n) is 2.65. The molecule has 2 N–H and O–H groups in total. The standard InChI is InChI=1S/C13H23NOS/c1-9(2)7-12(8-15)14-11(4)13-6-5-10(3)16-13/h5-6,9,11-12,14-15H,7-8H2,1-4H3. The Balaban J connectivity index is 2.51. The van der Waals surface area contributed by atoms with Gasteiger partial charge in [-0.3, -0.25) is 0 Å². The Kier molecular flexibility index (Phi) is 5.46. The van der Waals surface area contributed by atoms with Crippen LogP contribution in [-0.4, -0.2) is 17.8 Å². The van der Waals surface area contributed by atoms with Crippen LogP contribution < -0.4 is 5.32 Å². The lowest BCUT2D eigenvalue weighted by molar-refractivity contribution is 0.216. The van der Waals surface area contributed by atoms with Crippen molar-refractivity contribution >= 4 is 11.3 Å². The van der Waals surface area contributed by atoms with E-state index in [1.807, 2.05) is 11.3 Å². The Morgan fingerprint density at radius 3 is 2.44 bits per heavy atom. The molecule has 3 heteroatoms. The molecule has 2 nitrogen and oxygen atoms in total. The number of aryl methyl sites for hydroxylation is 1. The first kappa shape index (κ1) is 13.7. The predicted molar refractivity (Wildman–Crippen MR) is 70.9 cm³/mol. The van der Waals surface area contributed by atoms with Gasteiger partial charge in [0.25, 0.3) is 0 Å². The van der Waals surface area contributed by atoms with Gasteiger partial charge in [-0.05, 0) is 38.3 Å². The maximum Gasteiger partial charge on any atom is 0.0584 e. The van der Waals surface area contributed by atoms with Gasteiger partial charge in [-0.1, -0.05) is 13.8 Å². The fourth-order valence-electron chi connectivity index (χ4n) is 1.89. The number of aliphatic hydroxyl groups excluding tert-OH is 1. The van der Waals surface area contributed by atoms with Crippen molar-refractivity contribution in [1.82, 2.24) is 5.32 Å². The SMILES string of the molecule is Cc1ccc(C(C)NC(CO)CC(C)C)s1. The van der Waals surface area contributed by atoms with Crippen molar-refractivity contribution in [2.24, 2.45) is 5.92 Å². The third-order valence-corrected chi connectivity index (χ3v) is 3.83. The van der Waals surface area contributed by atoms with Crippen molar-refractivity contribution in [2.75, 3.05) is 6.61 Å². The minimum Gasteiger partial charge on any atom is -0.395 e. The summed E-state index contributed by atoms with van der Waals surface area (Å²) < 4.78 is 0. The first-order valence-electron chi connectivity index (χ1n) is 5.96. The monoisotopic (exact) mass is 241 g/mol. The summed E-state index contributed by atoms with van der Waals surface area (Å²) in [6.45, 7) is 8.87. The highest BCUT2D eigenvalue weighted by Crippen LogP contribution is 2.23. The molecule has 0 spiro atoms. The summed E-state index contributed by atoms with van der Waals surface area (Å²) in [6.07, 6.45) is 1.02. The van der Waals surface area contributed by atoms with Crippen LogP contribution in [0.25, 0.3) is 0 Å². The molecule has 0 aromatic carbocycles. The van der Waals surface area contributed by atoms with E-state index in [9.17, 15) is 5.11 Å². The Labute approximate surface area is 103 Å². The largest absolute Gasteiger partial charge is 0.395 e. The second-order valence-corrected chi connectivity index (χ2v) is 6.17. The highest BCUT2D eigenvalue weighted by atomic mass is 32.1. The number of aliphatic hydroxyl groups is 1. The molecule has 0 fully saturated rings. The van der Waals surface area contributed by atoms with E-state index in [-0.39, 0.29) is 12.6 Å². The summed E-state index contributed by atoms with van der Waals surface area (Å²) in [5.74, 6) is 0.613. The maximum absolute atomic E-state index is 9.32. The first-order valence-corrected chi connectivity index (χ1v) is 6.77. The molecule has 16 heavy (non-hydrogen) atoms. The van der Waals surface area contributed by atoms with Crippen LogP contribution in [0, 0.1) is 12.8 Å². The molecule has 0 radical (unpaired) electrons. The zero-order chi connectivity index (χ0) is 12.1. The molecule has 0 aliphatic heterocycles. The fraction of sp³-hybridized carbons (Fsp3) is 0.692. The molecule has 0 saturated carbocycles. The van der Waals surface area contributed by atoms with E-state index < -0.39 is 0 Å². The lowest BCUT2D eigenvalue weighted by Gasteiger charge is -2.22. The van der Waals surface area contributed by atoms with E-state index in [1.54, 1.807) is 0 Å². The second kappa shape index (κ2) is 6.38. The van der Waals surface area contributed by atoms with Crippen LogP contribution in [-0.2, 0) is 0 Å². The highest BCUT2D eigenvalue weighted by molar-refractivity contribution is 7.12. The topological polar surface area (TPSA) is 32.3 Å². The molecule has 2 atom stereocenters. The molecular weight excluding hydrogens is 218 g/mol. The Hall–Kier alpha value is -0.380. The summed E-state index contributed by atoms with van der Waals surface area (Å²) in [5, 5.41) is 12.8. The van der Waals surface area contributed by atoms with Crippen molar-refractivity contribution in [3.63, 3.8) is 0 Å². The summed E-state index contributed by atoms with van der Waals surface area (Å²) >= 11 is 1.82. The van der Waals surface area contributed by atoms with Crippen molar-refractivity contribution in [3.8, 4) is 0 Å². The molecule has 2 unspecified atom stereocenters. The van der Waals surface area contributed by atoms with Gasteiger partial charge in [-0.15, -0.1) is 11.3 Å². The molecule has 92 valence electrons. The lowest BCUT2D eigenvalue weighted by Crippen LogP contribution is -2.35. The van der Waals surface area contributed by atoms with Gasteiger partial charge in [-0.2, -0.15) is 0 Å².